The van der Waals surface area contributed by atoms with Crippen molar-refractivity contribution < 1.29 is 14.2 Å². The van der Waals surface area contributed by atoms with E-state index in [1.807, 2.05) is 59.3 Å². The predicted octanol–water partition coefficient (Wildman–Crippen LogP) is 3.92. The van der Waals surface area contributed by atoms with Crippen LogP contribution in [0.3, 0.4) is 0 Å². The Morgan fingerprint density at radius 2 is 1.64 bits per heavy atom. The normalized spacial score (nSPS) is 10.9. The van der Waals surface area contributed by atoms with Gasteiger partial charge in [0.15, 0.2) is 0 Å². The van der Waals surface area contributed by atoms with Gasteiger partial charge >= 0.3 is 0 Å². The molecule has 3 rings (SSSR count). The molecule has 0 spiro atoms. The Labute approximate surface area is 165 Å². The lowest BCUT2D eigenvalue weighted by Gasteiger charge is -2.09. The number of nitrogens with zero attached hydrogens (tertiary/aromatic N) is 2. The summed E-state index contributed by atoms with van der Waals surface area (Å²) in [4.78, 5) is 0. The van der Waals surface area contributed by atoms with Crippen LogP contribution in [0.4, 0.5) is 0 Å². The molecule has 6 nitrogen and oxygen atoms in total. The molecule has 0 atom stereocenters. The minimum atomic E-state index is 0.425. The smallest absolute Gasteiger partial charge is 0.233 e. The van der Waals surface area contributed by atoms with Crippen LogP contribution < -0.4 is 19.9 Å². The maximum atomic E-state index is 5.86. The molecule has 3 aromatic rings. The summed E-state index contributed by atoms with van der Waals surface area (Å²) < 4.78 is 18.6. The molecule has 0 radical (unpaired) electrons. The third-order valence-corrected chi connectivity index (χ3v) is 4.11. The second kappa shape index (κ2) is 9.28. The van der Waals surface area contributed by atoms with Crippen LogP contribution >= 0.6 is 0 Å². The first-order valence-electron chi connectivity index (χ1n) is 9.41. The first kappa shape index (κ1) is 19.8. The van der Waals surface area contributed by atoms with E-state index in [9.17, 15) is 0 Å². The molecule has 1 aromatic heterocycles. The second-order valence-corrected chi connectivity index (χ2v) is 6.84. The van der Waals surface area contributed by atoms with Crippen LogP contribution in [0.15, 0.2) is 54.6 Å². The van der Waals surface area contributed by atoms with Gasteiger partial charge in [-0.05, 0) is 54.4 Å². The molecule has 0 aliphatic rings. The van der Waals surface area contributed by atoms with Crippen LogP contribution in [0.25, 0.3) is 16.9 Å². The summed E-state index contributed by atoms with van der Waals surface area (Å²) in [5.41, 5.74) is 8.38. The molecule has 0 saturated heterocycles. The van der Waals surface area contributed by atoms with Gasteiger partial charge in [0.2, 0.25) is 5.88 Å². The molecule has 0 unspecified atom stereocenters. The molecule has 0 fully saturated rings. The van der Waals surface area contributed by atoms with E-state index in [4.69, 9.17) is 19.9 Å². The van der Waals surface area contributed by atoms with Gasteiger partial charge in [-0.15, -0.1) is 5.10 Å². The average molecular weight is 381 g/mol. The number of hydrogen-bond acceptors (Lipinski definition) is 5. The number of nitrogens with two attached hydrogens (primary N) is 1. The summed E-state index contributed by atoms with van der Waals surface area (Å²) in [5.74, 6) is 2.62. The van der Waals surface area contributed by atoms with Gasteiger partial charge < -0.3 is 19.9 Å². The first-order chi connectivity index (χ1) is 13.6. The molecule has 0 bridgehead atoms. The van der Waals surface area contributed by atoms with Gasteiger partial charge in [-0.3, -0.25) is 0 Å². The summed E-state index contributed by atoms with van der Waals surface area (Å²) in [5, 5.41) is 4.66. The van der Waals surface area contributed by atoms with E-state index in [0.717, 1.165) is 28.4 Å². The number of rotatable bonds is 9. The van der Waals surface area contributed by atoms with Crippen LogP contribution in [0.1, 0.15) is 13.8 Å². The van der Waals surface area contributed by atoms with Gasteiger partial charge in [0.1, 0.15) is 18.1 Å². The molecule has 0 amide bonds. The molecule has 6 heteroatoms. The van der Waals surface area contributed by atoms with Crippen molar-refractivity contribution in [1.82, 2.24) is 9.78 Å². The maximum absolute atomic E-state index is 5.86. The minimum absolute atomic E-state index is 0.425. The van der Waals surface area contributed by atoms with E-state index in [2.05, 4.69) is 18.9 Å². The molecule has 0 aliphatic carbocycles. The quantitative estimate of drug-likeness (QED) is 0.608. The fourth-order valence-electron chi connectivity index (χ4n) is 2.71. The fourth-order valence-corrected chi connectivity index (χ4v) is 2.71. The monoisotopic (exact) mass is 381 g/mol. The van der Waals surface area contributed by atoms with Gasteiger partial charge in [-0.25, -0.2) is 4.68 Å². The molecular weight excluding hydrogens is 354 g/mol. The zero-order valence-corrected chi connectivity index (χ0v) is 16.6. The standard InChI is InChI=1S/C22H27N3O3/c1-16(2)15-28-22-14-21(17-4-8-20(9-5-17)27-13-12-23)25(24-22)18-6-10-19(26-3)11-7-18/h4-11,14,16H,12-13,15,23H2,1-3H3. The number of benzene rings is 2. The summed E-state index contributed by atoms with van der Waals surface area (Å²) in [7, 11) is 1.65. The minimum Gasteiger partial charge on any atom is -0.497 e. The Morgan fingerprint density at radius 1 is 0.964 bits per heavy atom. The summed E-state index contributed by atoms with van der Waals surface area (Å²) in [6, 6.07) is 17.6. The predicted molar refractivity (Wildman–Crippen MR) is 110 cm³/mol. The fraction of sp³-hybridized carbons (Fsp3) is 0.318. The van der Waals surface area contributed by atoms with Gasteiger partial charge in [-0.1, -0.05) is 13.8 Å². The Bertz CT molecular complexity index is 871. The van der Waals surface area contributed by atoms with E-state index < -0.39 is 0 Å². The van der Waals surface area contributed by atoms with Crippen molar-refractivity contribution in [2.45, 2.75) is 13.8 Å². The highest BCUT2D eigenvalue weighted by atomic mass is 16.5. The molecule has 28 heavy (non-hydrogen) atoms. The maximum Gasteiger partial charge on any atom is 0.233 e. The van der Waals surface area contributed by atoms with E-state index >= 15 is 0 Å². The van der Waals surface area contributed by atoms with Crippen LogP contribution in [-0.4, -0.2) is 36.6 Å². The molecule has 148 valence electrons. The van der Waals surface area contributed by atoms with Crippen LogP contribution in [-0.2, 0) is 0 Å². The highest BCUT2D eigenvalue weighted by Gasteiger charge is 2.13. The Balaban J connectivity index is 1.94. The van der Waals surface area contributed by atoms with Gasteiger partial charge in [0.25, 0.3) is 0 Å². The zero-order chi connectivity index (χ0) is 19.9. The lowest BCUT2D eigenvalue weighted by Crippen LogP contribution is -2.10. The van der Waals surface area contributed by atoms with E-state index in [1.54, 1.807) is 7.11 Å². The molecule has 2 aromatic carbocycles. The van der Waals surface area contributed by atoms with Gasteiger partial charge in [0.05, 0.1) is 25.1 Å². The number of methoxy groups -OCH3 is 1. The van der Waals surface area contributed by atoms with Crippen LogP contribution in [0.2, 0.25) is 0 Å². The second-order valence-electron chi connectivity index (χ2n) is 6.84. The summed E-state index contributed by atoms with van der Waals surface area (Å²) >= 11 is 0. The Hall–Kier alpha value is -2.99. The van der Waals surface area contributed by atoms with Crippen molar-refractivity contribution in [2.24, 2.45) is 11.7 Å². The summed E-state index contributed by atoms with van der Waals surface area (Å²) in [6.07, 6.45) is 0. The SMILES string of the molecule is COc1ccc(-n2nc(OCC(C)C)cc2-c2ccc(OCCN)cc2)cc1. The van der Waals surface area contributed by atoms with Crippen molar-refractivity contribution in [2.75, 3.05) is 26.9 Å². The number of aromatic nitrogens is 2. The Kier molecular flexibility index (Phi) is 6.55. The highest BCUT2D eigenvalue weighted by molar-refractivity contribution is 5.64. The van der Waals surface area contributed by atoms with E-state index in [1.165, 1.54) is 0 Å². The summed E-state index contributed by atoms with van der Waals surface area (Å²) in [6.45, 7) is 5.83. The van der Waals surface area contributed by atoms with Crippen LogP contribution in [0.5, 0.6) is 17.4 Å². The molecule has 2 N–H and O–H groups in total. The van der Waals surface area contributed by atoms with Gasteiger partial charge in [0, 0.05) is 18.2 Å². The lowest BCUT2D eigenvalue weighted by atomic mass is 10.1. The molecule has 0 saturated carbocycles. The van der Waals surface area contributed by atoms with Crippen molar-refractivity contribution in [3.63, 3.8) is 0 Å². The topological polar surface area (TPSA) is 71.5 Å². The van der Waals surface area contributed by atoms with Gasteiger partial charge in [-0.2, -0.15) is 0 Å². The third-order valence-electron chi connectivity index (χ3n) is 4.11. The van der Waals surface area contributed by atoms with Crippen molar-refractivity contribution in [3.05, 3.63) is 54.6 Å². The molecular formula is C22H27N3O3. The zero-order valence-electron chi connectivity index (χ0n) is 16.6. The molecule has 0 aliphatic heterocycles. The van der Waals surface area contributed by atoms with E-state index in [-0.39, 0.29) is 0 Å². The molecule has 1 heterocycles. The number of ether oxygens (including phenoxy) is 3. The van der Waals surface area contributed by atoms with Crippen LogP contribution in [0, 0.1) is 5.92 Å². The first-order valence-corrected chi connectivity index (χ1v) is 9.41. The van der Waals surface area contributed by atoms with Crippen molar-refractivity contribution in [3.8, 4) is 34.3 Å². The third kappa shape index (κ3) is 4.84. The Morgan fingerprint density at radius 3 is 2.25 bits per heavy atom. The average Bonchev–Trinajstić information content (AvgIpc) is 3.15. The number of hydrogen-bond donors (Lipinski definition) is 1. The lowest BCUT2D eigenvalue weighted by molar-refractivity contribution is 0.260. The van der Waals surface area contributed by atoms with Crippen molar-refractivity contribution >= 4 is 0 Å². The largest absolute Gasteiger partial charge is 0.497 e. The van der Waals surface area contributed by atoms with E-state index in [0.29, 0.717) is 31.6 Å². The van der Waals surface area contributed by atoms with Crippen molar-refractivity contribution in [1.29, 1.82) is 0 Å². The highest BCUT2D eigenvalue weighted by Crippen LogP contribution is 2.29.